The molecule has 2 aromatic carbocycles. The maximum absolute atomic E-state index is 12.6. The van der Waals surface area contributed by atoms with Crippen LogP contribution in [0.2, 0.25) is 0 Å². The van der Waals surface area contributed by atoms with E-state index >= 15 is 0 Å². The molecule has 3 rings (SSSR count). The number of carbonyl (C=O) groups is 1. The molecular weight excluding hydrogens is 352 g/mol. The molecule has 0 saturated carbocycles. The summed E-state index contributed by atoms with van der Waals surface area (Å²) in [6, 6.07) is 17.8. The second kappa shape index (κ2) is 10.1. The Morgan fingerprint density at radius 3 is 2.39 bits per heavy atom. The number of nitrogens with zero attached hydrogens (tertiary/aromatic N) is 1. The summed E-state index contributed by atoms with van der Waals surface area (Å²) in [6.45, 7) is 5.35. The molecule has 5 heteroatoms. The zero-order valence-electron chi connectivity index (χ0n) is 16.8. The second-order valence-electron chi connectivity index (χ2n) is 7.26. The number of benzene rings is 2. The number of piperidine rings is 1. The van der Waals surface area contributed by atoms with Crippen LogP contribution in [0.25, 0.3) is 0 Å². The van der Waals surface area contributed by atoms with Crippen LogP contribution in [0.15, 0.2) is 54.6 Å². The first-order chi connectivity index (χ1) is 13.7. The Morgan fingerprint density at radius 2 is 1.71 bits per heavy atom. The van der Waals surface area contributed by atoms with Gasteiger partial charge in [-0.1, -0.05) is 42.5 Å². The second-order valence-corrected chi connectivity index (χ2v) is 7.26. The third-order valence-electron chi connectivity index (χ3n) is 5.35. The molecule has 1 N–H and O–H groups in total. The highest BCUT2D eigenvalue weighted by atomic mass is 16.5. The van der Waals surface area contributed by atoms with E-state index in [1.807, 2.05) is 49.4 Å². The van der Waals surface area contributed by atoms with E-state index in [0.29, 0.717) is 6.61 Å². The van der Waals surface area contributed by atoms with Crippen molar-refractivity contribution in [3.63, 3.8) is 0 Å². The minimum absolute atomic E-state index is 0.0426. The van der Waals surface area contributed by atoms with E-state index in [1.54, 1.807) is 7.11 Å². The predicted octanol–water partition coefficient (Wildman–Crippen LogP) is 3.66. The molecule has 0 aliphatic carbocycles. The zero-order chi connectivity index (χ0) is 19.8. The zero-order valence-corrected chi connectivity index (χ0v) is 16.8. The average molecular weight is 383 g/mol. The van der Waals surface area contributed by atoms with Gasteiger partial charge in [0.1, 0.15) is 6.61 Å². The first-order valence-corrected chi connectivity index (χ1v) is 10.0. The lowest BCUT2D eigenvalue weighted by atomic mass is 9.95. The third kappa shape index (κ3) is 5.49. The summed E-state index contributed by atoms with van der Waals surface area (Å²) in [5, 5.41) is 3.16. The Kier molecular flexibility index (Phi) is 7.31. The van der Waals surface area contributed by atoms with Crippen molar-refractivity contribution in [2.75, 3.05) is 33.4 Å². The summed E-state index contributed by atoms with van der Waals surface area (Å²) in [7, 11) is 1.65. The van der Waals surface area contributed by atoms with E-state index in [2.05, 4.69) is 22.3 Å². The van der Waals surface area contributed by atoms with Crippen molar-refractivity contribution in [1.29, 1.82) is 0 Å². The largest absolute Gasteiger partial charge is 0.493 e. The molecule has 1 fully saturated rings. The number of rotatable bonds is 8. The first kappa shape index (κ1) is 20.2. The Labute approximate surface area is 167 Å². The van der Waals surface area contributed by atoms with Gasteiger partial charge in [-0.25, -0.2) is 0 Å². The normalized spacial score (nSPS) is 16.4. The molecule has 1 atom stereocenters. The summed E-state index contributed by atoms with van der Waals surface area (Å²) in [4.78, 5) is 15.0. The molecule has 2 aromatic rings. The van der Waals surface area contributed by atoms with Gasteiger partial charge in [-0.05, 0) is 50.6 Å². The Bertz CT molecular complexity index is 743. The molecule has 1 amide bonds. The molecule has 1 aliphatic heterocycles. The van der Waals surface area contributed by atoms with Gasteiger partial charge in [0, 0.05) is 12.5 Å². The van der Waals surface area contributed by atoms with Gasteiger partial charge in [-0.3, -0.25) is 9.69 Å². The molecular formula is C23H30N2O3. The van der Waals surface area contributed by atoms with Gasteiger partial charge in [-0.2, -0.15) is 0 Å². The van der Waals surface area contributed by atoms with Gasteiger partial charge < -0.3 is 14.8 Å². The fourth-order valence-electron chi connectivity index (χ4n) is 3.60. The van der Waals surface area contributed by atoms with Crippen LogP contribution in [0.1, 0.15) is 31.4 Å². The van der Waals surface area contributed by atoms with Crippen LogP contribution in [0.4, 0.5) is 0 Å². The number of para-hydroxylation sites is 2. The van der Waals surface area contributed by atoms with Crippen molar-refractivity contribution in [3.8, 4) is 11.5 Å². The van der Waals surface area contributed by atoms with E-state index < -0.39 is 0 Å². The average Bonchev–Trinajstić information content (AvgIpc) is 2.75. The van der Waals surface area contributed by atoms with Crippen molar-refractivity contribution in [3.05, 3.63) is 60.2 Å². The van der Waals surface area contributed by atoms with Crippen LogP contribution in [0.3, 0.4) is 0 Å². The smallest absolute Gasteiger partial charge is 0.223 e. The fourth-order valence-corrected chi connectivity index (χ4v) is 3.60. The standard InChI is InChI=1S/C23H30N2O3/c1-18(19-8-4-3-5-9-19)24-23(26)20-12-14-25(15-13-20)16-17-28-22-11-7-6-10-21(22)27-2/h3-11,18,20H,12-17H2,1-2H3,(H,24,26). The molecule has 1 unspecified atom stereocenters. The molecule has 0 radical (unpaired) electrons. The summed E-state index contributed by atoms with van der Waals surface area (Å²) >= 11 is 0. The van der Waals surface area contributed by atoms with E-state index in [0.717, 1.165) is 49.5 Å². The molecule has 0 spiro atoms. The highest BCUT2D eigenvalue weighted by Gasteiger charge is 2.25. The number of hydrogen-bond acceptors (Lipinski definition) is 4. The SMILES string of the molecule is COc1ccccc1OCCN1CCC(C(=O)NC(C)c2ccccc2)CC1. The molecule has 1 saturated heterocycles. The summed E-state index contributed by atoms with van der Waals surface area (Å²) < 4.78 is 11.2. The van der Waals surface area contributed by atoms with Crippen molar-refractivity contribution < 1.29 is 14.3 Å². The monoisotopic (exact) mass is 382 g/mol. The number of ether oxygens (including phenoxy) is 2. The number of methoxy groups -OCH3 is 1. The van der Waals surface area contributed by atoms with Crippen LogP contribution < -0.4 is 14.8 Å². The van der Waals surface area contributed by atoms with Crippen LogP contribution in [0, 0.1) is 5.92 Å². The topological polar surface area (TPSA) is 50.8 Å². The number of amides is 1. The quantitative estimate of drug-likeness (QED) is 0.757. The maximum atomic E-state index is 12.6. The minimum Gasteiger partial charge on any atom is -0.493 e. The lowest BCUT2D eigenvalue weighted by molar-refractivity contribution is -0.127. The molecule has 28 heavy (non-hydrogen) atoms. The van der Waals surface area contributed by atoms with Gasteiger partial charge >= 0.3 is 0 Å². The Balaban J connectivity index is 1.39. The third-order valence-corrected chi connectivity index (χ3v) is 5.35. The van der Waals surface area contributed by atoms with E-state index in [4.69, 9.17) is 9.47 Å². The Morgan fingerprint density at radius 1 is 1.07 bits per heavy atom. The molecule has 1 aliphatic rings. The fraction of sp³-hybridized carbons (Fsp3) is 0.435. The maximum Gasteiger partial charge on any atom is 0.223 e. The van der Waals surface area contributed by atoms with Gasteiger partial charge in [0.05, 0.1) is 13.2 Å². The molecule has 0 aromatic heterocycles. The number of carbonyl (C=O) groups excluding carboxylic acids is 1. The van der Waals surface area contributed by atoms with Crippen molar-refractivity contribution in [2.24, 2.45) is 5.92 Å². The molecule has 150 valence electrons. The van der Waals surface area contributed by atoms with Crippen molar-refractivity contribution >= 4 is 5.91 Å². The van der Waals surface area contributed by atoms with Gasteiger partial charge in [-0.15, -0.1) is 0 Å². The van der Waals surface area contributed by atoms with Gasteiger partial charge in [0.2, 0.25) is 5.91 Å². The highest BCUT2D eigenvalue weighted by Crippen LogP contribution is 2.26. The van der Waals surface area contributed by atoms with E-state index in [-0.39, 0.29) is 17.9 Å². The number of nitrogens with one attached hydrogen (secondary N) is 1. The molecule has 5 nitrogen and oxygen atoms in total. The predicted molar refractivity (Wildman–Crippen MR) is 111 cm³/mol. The van der Waals surface area contributed by atoms with Crippen LogP contribution in [-0.4, -0.2) is 44.2 Å². The van der Waals surface area contributed by atoms with Crippen LogP contribution in [-0.2, 0) is 4.79 Å². The molecule has 0 bridgehead atoms. The summed E-state index contributed by atoms with van der Waals surface area (Å²) in [5.41, 5.74) is 1.14. The van der Waals surface area contributed by atoms with E-state index in [1.165, 1.54) is 0 Å². The number of likely N-dealkylation sites (tertiary alicyclic amines) is 1. The number of hydrogen-bond donors (Lipinski definition) is 1. The van der Waals surface area contributed by atoms with Crippen molar-refractivity contribution in [1.82, 2.24) is 10.2 Å². The minimum atomic E-state index is 0.0426. The molecule has 1 heterocycles. The van der Waals surface area contributed by atoms with Gasteiger partial charge in [0.25, 0.3) is 0 Å². The lowest BCUT2D eigenvalue weighted by Crippen LogP contribution is -2.42. The van der Waals surface area contributed by atoms with E-state index in [9.17, 15) is 4.79 Å². The summed E-state index contributed by atoms with van der Waals surface area (Å²) in [6.07, 6.45) is 1.78. The van der Waals surface area contributed by atoms with Crippen LogP contribution in [0.5, 0.6) is 11.5 Å². The van der Waals surface area contributed by atoms with Crippen molar-refractivity contribution in [2.45, 2.75) is 25.8 Å². The Hall–Kier alpha value is -2.53. The lowest BCUT2D eigenvalue weighted by Gasteiger charge is -2.31. The highest BCUT2D eigenvalue weighted by molar-refractivity contribution is 5.79. The first-order valence-electron chi connectivity index (χ1n) is 10.0. The van der Waals surface area contributed by atoms with Gasteiger partial charge in [0.15, 0.2) is 11.5 Å². The summed E-state index contributed by atoms with van der Waals surface area (Å²) in [5.74, 6) is 1.79. The van der Waals surface area contributed by atoms with Crippen LogP contribution >= 0.6 is 0 Å².